The first kappa shape index (κ1) is 25.7. The van der Waals surface area contributed by atoms with Crippen molar-refractivity contribution < 1.29 is 13.6 Å². The Bertz CT molecular complexity index is 1540. The average molecular weight is 520 g/mol. The summed E-state index contributed by atoms with van der Waals surface area (Å²) < 4.78 is 29.7. The van der Waals surface area contributed by atoms with Gasteiger partial charge in [-0.2, -0.15) is 19.0 Å². The molecule has 12 heteroatoms. The molecular weight excluding hydrogens is 497 g/mol. The van der Waals surface area contributed by atoms with E-state index in [1.807, 2.05) is 0 Å². The molecule has 0 spiro atoms. The lowest BCUT2D eigenvalue weighted by Gasteiger charge is -2.22. The molecule has 3 N–H and O–H groups in total. The monoisotopic (exact) mass is 520 g/mol. The van der Waals surface area contributed by atoms with Gasteiger partial charge in [-0.25, -0.2) is 9.97 Å². The van der Waals surface area contributed by atoms with Crippen molar-refractivity contribution in [1.82, 2.24) is 25.0 Å². The van der Waals surface area contributed by atoms with Gasteiger partial charge in [0.15, 0.2) is 5.82 Å². The van der Waals surface area contributed by atoms with Crippen LogP contribution in [0.1, 0.15) is 19.5 Å². The van der Waals surface area contributed by atoms with E-state index >= 15 is 0 Å². The topological polar surface area (TPSA) is 121 Å². The number of pyridine rings is 2. The lowest BCUT2D eigenvalue weighted by molar-refractivity contribution is -0.112. The molecule has 3 aromatic heterocycles. The molecule has 37 heavy (non-hydrogen) atoms. The van der Waals surface area contributed by atoms with E-state index in [0.717, 1.165) is 0 Å². The second-order valence-corrected chi connectivity index (χ2v) is 8.83. The minimum Gasteiger partial charge on any atom is -0.353 e. The van der Waals surface area contributed by atoms with E-state index < -0.39 is 23.1 Å². The molecule has 1 aromatic carbocycles. The summed E-state index contributed by atoms with van der Waals surface area (Å²) in [6.45, 7) is 6.30. The van der Waals surface area contributed by atoms with Crippen LogP contribution in [0.4, 0.5) is 20.2 Å². The Labute approximate surface area is 213 Å². The minimum absolute atomic E-state index is 0.239. The first-order chi connectivity index (χ1) is 17.6. The van der Waals surface area contributed by atoms with Gasteiger partial charge in [0.2, 0.25) is 0 Å². The lowest BCUT2D eigenvalue weighted by atomic mass is 10.1. The summed E-state index contributed by atoms with van der Waals surface area (Å²) in [5, 5.41) is 22.2. The number of carbonyl (C=O) groups is 1. The summed E-state index contributed by atoms with van der Waals surface area (Å²) in [5.41, 5.74) is 0.971. The van der Waals surface area contributed by atoms with E-state index in [4.69, 9.17) is 5.41 Å². The van der Waals surface area contributed by atoms with Crippen LogP contribution in [-0.4, -0.2) is 43.0 Å². The summed E-state index contributed by atoms with van der Waals surface area (Å²) >= 11 is 0. The lowest BCUT2D eigenvalue weighted by Crippen LogP contribution is -2.28. The number of nitrogens with zero attached hydrogens (tertiary/aromatic N) is 5. The fraction of sp³-hybridized carbons (Fsp3) is 0.120. The maximum atomic E-state index is 14.9. The summed E-state index contributed by atoms with van der Waals surface area (Å²) in [5.74, 6) is -3.98. The molecule has 0 aliphatic heterocycles. The van der Waals surface area contributed by atoms with Gasteiger partial charge < -0.3 is 16.0 Å². The molecule has 1 unspecified atom stereocenters. The van der Waals surface area contributed by atoms with E-state index in [0.29, 0.717) is 52.1 Å². The van der Waals surface area contributed by atoms with Gasteiger partial charge >= 0.3 is 0 Å². The summed E-state index contributed by atoms with van der Waals surface area (Å²) in [6.07, 6.45) is 4.93. The van der Waals surface area contributed by atoms with Gasteiger partial charge in [0.25, 0.3) is 11.8 Å². The van der Waals surface area contributed by atoms with Crippen LogP contribution < -0.4 is 15.9 Å². The zero-order chi connectivity index (χ0) is 26.7. The Morgan fingerprint density at radius 3 is 2.51 bits per heavy atom. The first-order valence-electron chi connectivity index (χ1n) is 11.0. The van der Waals surface area contributed by atoms with Gasteiger partial charge in [-0.15, -0.1) is 14.0 Å². The van der Waals surface area contributed by atoms with Crippen molar-refractivity contribution in [2.24, 2.45) is 0 Å². The highest BCUT2D eigenvalue weighted by molar-refractivity contribution is 7.27. The quantitative estimate of drug-likeness (QED) is 0.180. The summed E-state index contributed by atoms with van der Waals surface area (Å²) in [6, 6.07) is 10.2. The highest BCUT2D eigenvalue weighted by Crippen LogP contribution is 2.32. The van der Waals surface area contributed by atoms with Crippen molar-refractivity contribution >= 4 is 54.5 Å². The highest BCUT2D eigenvalue weighted by atomic mass is 31.0. The predicted molar refractivity (Wildman–Crippen MR) is 144 cm³/mol. The number of halogens is 2. The second kappa shape index (κ2) is 10.3. The van der Waals surface area contributed by atoms with Crippen molar-refractivity contribution in [3.8, 4) is 5.82 Å². The molecule has 188 valence electrons. The normalized spacial score (nSPS) is 12.1. The summed E-state index contributed by atoms with van der Waals surface area (Å²) in [7, 11) is 2.46. The van der Waals surface area contributed by atoms with Gasteiger partial charge in [0.1, 0.15) is 0 Å². The zero-order valence-electron chi connectivity index (χ0n) is 20.0. The number of anilines is 2. The van der Waals surface area contributed by atoms with Crippen molar-refractivity contribution in [2.75, 3.05) is 10.6 Å². The second-order valence-electron chi connectivity index (χ2n) is 8.21. The number of nitrogens with one attached hydrogen (secondary N) is 3. The molecule has 0 aliphatic carbocycles. The van der Waals surface area contributed by atoms with Gasteiger partial charge in [-0.3, -0.25) is 4.79 Å². The van der Waals surface area contributed by atoms with E-state index in [2.05, 4.69) is 46.6 Å². The molecule has 9 nitrogen and oxygen atoms in total. The molecule has 0 saturated carbocycles. The number of amides is 1. The van der Waals surface area contributed by atoms with Crippen LogP contribution in [0.15, 0.2) is 72.8 Å². The van der Waals surface area contributed by atoms with Crippen molar-refractivity contribution in [3.63, 3.8) is 0 Å². The number of benzene rings is 1. The first-order valence-corrected chi connectivity index (χ1v) is 11.6. The average Bonchev–Trinajstić information content (AvgIpc) is 3.37. The molecule has 0 bridgehead atoms. The van der Waals surface area contributed by atoms with E-state index in [9.17, 15) is 13.6 Å². The Hall–Kier alpha value is -4.37. The Morgan fingerprint density at radius 2 is 1.89 bits per heavy atom. The maximum Gasteiger partial charge on any atom is 0.285 e. The molecular formula is C25H23F2N8OP. The number of rotatable bonds is 8. The number of carbonyl (C=O) groups excluding carboxylic acids is 1. The number of alkyl halides is 2. The molecule has 0 saturated heterocycles. The molecule has 4 rings (SSSR count). The minimum atomic E-state index is -3.49. The van der Waals surface area contributed by atoms with Gasteiger partial charge in [-0.05, 0) is 30.7 Å². The zero-order valence-corrected chi connectivity index (χ0v) is 21.1. The van der Waals surface area contributed by atoms with E-state index in [1.54, 1.807) is 43.3 Å². The van der Waals surface area contributed by atoms with Crippen molar-refractivity contribution in [1.29, 1.82) is 5.41 Å². The van der Waals surface area contributed by atoms with E-state index in [1.165, 1.54) is 23.4 Å². The predicted octanol–water partition coefficient (Wildman–Crippen LogP) is 4.35. The van der Waals surface area contributed by atoms with Crippen LogP contribution >= 0.6 is 9.24 Å². The van der Waals surface area contributed by atoms with Crippen LogP contribution in [0, 0.1) is 5.41 Å². The van der Waals surface area contributed by atoms with Gasteiger partial charge in [0, 0.05) is 23.8 Å². The molecule has 4 aromatic rings. The van der Waals surface area contributed by atoms with Crippen LogP contribution in [0.5, 0.6) is 0 Å². The standard InChI is InChI=1S/C25H23F2N8OP/c1-14(2)19-11-20(16-6-4-5-7-18(16)33-19)34-22(25(3,26)27)17(12-28)24(36)32-15-10-21(37)23(29-13-15)35-30-8-9-31-35/h4-13,28H,1,37H2,2-3H3,(H,32,36)(H,33,34)/b22-17+,28-12?. The molecule has 3 heterocycles. The third kappa shape index (κ3) is 5.57. The Balaban J connectivity index is 1.73. The number of hydrogen-bond donors (Lipinski definition) is 3. The van der Waals surface area contributed by atoms with Crippen LogP contribution in [0.25, 0.3) is 22.3 Å². The number of para-hydroxylation sites is 1. The Kier molecular flexibility index (Phi) is 7.17. The number of aromatic nitrogens is 5. The summed E-state index contributed by atoms with van der Waals surface area (Å²) in [4.78, 5) is 23.1. The number of fused-ring (bicyclic) bond motifs is 1. The third-order valence-corrected chi connectivity index (χ3v) is 5.70. The van der Waals surface area contributed by atoms with Crippen molar-refractivity contribution in [2.45, 2.75) is 19.8 Å². The maximum absolute atomic E-state index is 14.9. The van der Waals surface area contributed by atoms with Crippen LogP contribution in [0.2, 0.25) is 0 Å². The highest BCUT2D eigenvalue weighted by Gasteiger charge is 2.33. The molecule has 0 fully saturated rings. The fourth-order valence-corrected chi connectivity index (χ4v) is 3.90. The Morgan fingerprint density at radius 1 is 1.19 bits per heavy atom. The fourth-order valence-electron chi connectivity index (χ4n) is 3.53. The molecule has 1 atom stereocenters. The smallest absolute Gasteiger partial charge is 0.285 e. The number of allylic oxidation sites excluding steroid dienone is 2. The molecule has 0 radical (unpaired) electrons. The largest absolute Gasteiger partial charge is 0.353 e. The van der Waals surface area contributed by atoms with E-state index in [-0.39, 0.29) is 5.69 Å². The van der Waals surface area contributed by atoms with Crippen molar-refractivity contribution in [3.05, 3.63) is 78.5 Å². The SMILES string of the molecule is C=C(C)c1cc(N/C(=C(\C=N)C(=O)Nc2cnc(-n3nccn3)c(P)c2)C(C)(F)F)c2ccccc2n1. The van der Waals surface area contributed by atoms with Crippen LogP contribution in [-0.2, 0) is 4.79 Å². The third-order valence-electron chi connectivity index (χ3n) is 5.27. The molecule has 1 amide bonds. The van der Waals surface area contributed by atoms with Gasteiger partial charge in [-0.1, -0.05) is 24.8 Å². The molecule has 0 aliphatic rings. The van der Waals surface area contributed by atoms with Crippen LogP contribution in [0.3, 0.4) is 0 Å². The van der Waals surface area contributed by atoms with Gasteiger partial charge in [0.05, 0.1) is 52.4 Å². The number of hydrogen-bond acceptors (Lipinski definition) is 7.